The van der Waals surface area contributed by atoms with Crippen LogP contribution in [0.1, 0.15) is 43.0 Å². The molecule has 1 atom stereocenters. The molecule has 1 fully saturated rings. The zero-order chi connectivity index (χ0) is 19.1. The Hall–Kier alpha value is -2.47. The van der Waals surface area contributed by atoms with Crippen molar-refractivity contribution in [2.75, 3.05) is 19.6 Å². The summed E-state index contributed by atoms with van der Waals surface area (Å²) in [5.74, 6) is -0.189. The quantitative estimate of drug-likeness (QED) is 0.849. The fourth-order valence-corrected chi connectivity index (χ4v) is 3.61. The minimum Gasteiger partial charge on any atom is -0.353 e. The summed E-state index contributed by atoms with van der Waals surface area (Å²) in [7, 11) is 0. The van der Waals surface area contributed by atoms with Gasteiger partial charge in [0.2, 0.25) is 5.91 Å². The summed E-state index contributed by atoms with van der Waals surface area (Å²) in [4.78, 5) is 26.8. The van der Waals surface area contributed by atoms with E-state index < -0.39 is 0 Å². The Morgan fingerprint density at radius 3 is 2.48 bits per heavy atom. The Morgan fingerprint density at radius 1 is 1.07 bits per heavy atom. The van der Waals surface area contributed by atoms with E-state index in [0.717, 1.165) is 13.1 Å². The molecule has 0 radical (unpaired) electrons. The van der Waals surface area contributed by atoms with E-state index in [4.69, 9.17) is 0 Å². The van der Waals surface area contributed by atoms with Gasteiger partial charge in [0.25, 0.3) is 5.56 Å². The minimum absolute atomic E-state index is 0.0535. The summed E-state index contributed by atoms with van der Waals surface area (Å²) in [6, 6.07) is 13.6. The van der Waals surface area contributed by atoms with Crippen molar-refractivity contribution in [3.63, 3.8) is 0 Å². The highest BCUT2D eigenvalue weighted by molar-refractivity contribution is 5.75. The lowest BCUT2D eigenvalue weighted by Gasteiger charge is -2.31. The van der Waals surface area contributed by atoms with Gasteiger partial charge in [-0.25, -0.2) is 4.68 Å². The number of carbonyl (C=O) groups is 1. The van der Waals surface area contributed by atoms with Crippen LogP contribution < -0.4 is 10.9 Å². The number of rotatable bonds is 6. The van der Waals surface area contributed by atoms with Gasteiger partial charge in [0, 0.05) is 12.6 Å². The van der Waals surface area contributed by atoms with Crippen LogP contribution in [0, 0.1) is 6.92 Å². The average Bonchev–Trinajstić information content (AvgIpc) is 2.95. The number of nitrogens with one attached hydrogen (secondary N) is 1. The van der Waals surface area contributed by atoms with Crippen molar-refractivity contribution in [2.45, 2.75) is 45.2 Å². The summed E-state index contributed by atoms with van der Waals surface area (Å²) < 4.78 is 1.22. The van der Waals surface area contributed by atoms with Crippen molar-refractivity contribution in [1.29, 1.82) is 0 Å². The fraction of sp³-hybridized carbons (Fsp3) is 0.476. The van der Waals surface area contributed by atoms with Crippen molar-refractivity contribution in [3.8, 4) is 0 Å². The van der Waals surface area contributed by atoms with Crippen molar-refractivity contribution < 1.29 is 4.79 Å². The second kappa shape index (κ2) is 9.46. The van der Waals surface area contributed by atoms with Crippen LogP contribution in [-0.2, 0) is 11.3 Å². The molecule has 6 heteroatoms. The number of carbonyl (C=O) groups excluding carboxylic acids is 1. The standard InChI is InChI=1S/C21H28N4O2/c1-17-11-12-21(27)25(23-17)16-20(26)22-15-19(18-9-5-4-6-10-18)24-13-7-2-3-8-14-24/h4-6,9-12,19H,2-3,7-8,13-16H2,1H3,(H,22,26). The lowest BCUT2D eigenvalue weighted by atomic mass is 10.0. The van der Waals surface area contributed by atoms with E-state index in [1.807, 2.05) is 18.2 Å². The van der Waals surface area contributed by atoms with Gasteiger partial charge in [0.05, 0.1) is 11.7 Å². The predicted molar refractivity (Wildman–Crippen MR) is 105 cm³/mol. The lowest BCUT2D eigenvalue weighted by molar-refractivity contribution is -0.122. The molecule has 0 saturated carbocycles. The molecule has 1 aliphatic heterocycles. The van der Waals surface area contributed by atoms with Gasteiger partial charge in [0.1, 0.15) is 6.54 Å². The number of aromatic nitrogens is 2. The van der Waals surface area contributed by atoms with Gasteiger partial charge in [-0.3, -0.25) is 14.5 Å². The maximum Gasteiger partial charge on any atom is 0.267 e. The first-order chi connectivity index (χ1) is 13.1. The van der Waals surface area contributed by atoms with E-state index in [1.54, 1.807) is 13.0 Å². The Bertz CT molecular complexity index is 795. The Kier molecular flexibility index (Phi) is 6.76. The number of likely N-dealkylation sites (tertiary alicyclic amines) is 1. The van der Waals surface area contributed by atoms with Crippen LogP contribution >= 0.6 is 0 Å². The zero-order valence-electron chi connectivity index (χ0n) is 15.9. The molecule has 1 N–H and O–H groups in total. The number of hydrogen-bond donors (Lipinski definition) is 1. The second-order valence-corrected chi connectivity index (χ2v) is 7.15. The molecule has 1 amide bonds. The summed E-state index contributed by atoms with van der Waals surface area (Å²) in [6.07, 6.45) is 4.93. The van der Waals surface area contributed by atoms with Crippen LogP contribution in [0.25, 0.3) is 0 Å². The van der Waals surface area contributed by atoms with Crippen LogP contribution in [0.15, 0.2) is 47.3 Å². The average molecular weight is 368 g/mol. The van der Waals surface area contributed by atoms with Crippen LogP contribution in [0.2, 0.25) is 0 Å². The lowest BCUT2D eigenvalue weighted by Crippen LogP contribution is -2.40. The normalized spacial score (nSPS) is 16.5. The summed E-state index contributed by atoms with van der Waals surface area (Å²) in [6.45, 7) is 4.38. The van der Waals surface area contributed by atoms with Crippen LogP contribution in [-0.4, -0.2) is 40.2 Å². The third kappa shape index (κ3) is 5.50. The minimum atomic E-state index is -0.261. The van der Waals surface area contributed by atoms with Crippen molar-refractivity contribution in [1.82, 2.24) is 20.0 Å². The molecule has 144 valence electrons. The molecule has 1 aliphatic rings. The molecule has 1 aromatic carbocycles. The van der Waals surface area contributed by atoms with Crippen LogP contribution in [0.4, 0.5) is 0 Å². The van der Waals surface area contributed by atoms with E-state index in [1.165, 1.54) is 42.0 Å². The largest absolute Gasteiger partial charge is 0.353 e. The predicted octanol–water partition coefficient (Wildman–Crippen LogP) is 2.29. The summed E-state index contributed by atoms with van der Waals surface area (Å²) in [5.41, 5.74) is 1.67. The highest BCUT2D eigenvalue weighted by atomic mass is 16.2. The molecule has 0 bridgehead atoms. The molecule has 27 heavy (non-hydrogen) atoms. The van der Waals surface area contributed by atoms with Crippen molar-refractivity contribution >= 4 is 5.91 Å². The van der Waals surface area contributed by atoms with E-state index in [9.17, 15) is 9.59 Å². The Labute approximate surface area is 160 Å². The van der Waals surface area contributed by atoms with Gasteiger partial charge in [0.15, 0.2) is 0 Å². The Balaban J connectivity index is 1.67. The highest BCUT2D eigenvalue weighted by Gasteiger charge is 2.22. The molecule has 1 aromatic heterocycles. The van der Waals surface area contributed by atoms with E-state index in [-0.39, 0.29) is 24.1 Å². The number of nitrogens with zero attached hydrogens (tertiary/aromatic N) is 3. The Morgan fingerprint density at radius 2 is 1.78 bits per heavy atom. The monoisotopic (exact) mass is 368 g/mol. The van der Waals surface area contributed by atoms with Gasteiger partial charge in [-0.05, 0) is 44.5 Å². The molecular weight excluding hydrogens is 340 g/mol. The number of hydrogen-bond acceptors (Lipinski definition) is 4. The third-order valence-corrected chi connectivity index (χ3v) is 5.05. The molecule has 1 unspecified atom stereocenters. The summed E-state index contributed by atoms with van der Waals surface area (Å²) >= 11 is 0. The van der Waals surface area contributed by atoms with Gasteiger partial charge in [-0.15, -0.1) is 0 Å². The van der Waals surface area contributed by atoms with E-state index in [2.05, 4.69) is 27.4 Å². The highest BCUT2D eigenvalue weighted by Crippen LogP contribution is 2.23. The second-order valence-electron chi connectivity index (χ2n) is 7.15. The molecule has 2 heterocycles. The molecule has 0 spiro atoms. The number of benzene rings is 1. The van der Waals surface area contributed by atoms with E-state index >= 15 is 0 Å². The van der Waals surface area contributed by atoms with Crippen molar-refractivity contribution in [3.05, 3.63) is 64.1 Å². The maximum atomic E-state index is 12.4. The molecule has 6 nitrogen and oxygen atoms in total. The SMILES string of the molecule is Cc1ccc(=O)n(CC(=O)NCC(c2ccccc2)N2CCCCCC2)n1. The van der Waals surface area contributed by atoms with Crippen molar-refractivity contribution in [2.24, 2.45) is 0 Å². The topological polar surface area (TPSA) is 67.2 Å². The maximum absolute atomic E-state index is 12.4. The van der Waals surface area contributed by atoms with Crippen LogP contribution in [0.3, 0.4) is 0 Å². The molecule has 1 saturated heterocycles. The smallest absolute Gasteiger partial charge is 0.267 e. The molecule has 0 aliphatic carbocycles. The molecular formula is C21H28N4O2. The van der Waals surface area contributed by atoms with E-state index in [0.29, 0.717) is 12.2 Å². The molecule has 3 rings (SSSR count). The third-order valence-electron chi connectivity index (χ3n) is 5.05. The van der Waals surface area contributed by atoms with Gasteiger partial charge < -0.3 is 5.32 Å². The number of aryl methyl sites for hydroxylation is 1. The number of amides is 1. The first kappa shape index (κ1) is 19.3. The van der Waals surface area contributed by atoms with Gasteiger partial charge >= 0.3 is 0 Å². The first-order valence-corrected chi connectivity index (χ1v) is 9.74. The zero-order valence-corrected chi connectivity index (χ0v) is 15.9. The van der Waals surface area contributed by atoms with Gasteiger partial charge in [-0.2, -0.15) is 5.10 Å². The van der Waals surface area contributed by atoms with Gasteiger partial charge in [-0.1, -0.05) is 43.2 Å². The fourth-order valence-electron chi connectivity index (χ4n) is 3.61. The first-order valence-electron chi connectivity index (χ1n) is 9.74. The van der Waals surface area contributed by atoms with Crippen LogP contribution in [0.5, 0.6) is 0 Å². The molecule has 2 aromatic rings. The summed E-state index contributed by atoms with van der Waals surface area (Å²) in [5, 5.41) is 7.15.